The quantitative estimate of drug-likeness (QED) is 0.796. The second-order valence-electron chi connectivity index (χ2n) is 5.66. The smallest absolute Gasteiger partial charge is 0.306 e. The van der Waals surface area contributed by atoms with Crippen LogP contribution in [0.5, 0.6) is 0 Å². The van der Waals surface area contributed by atoms with Gasteiger partial charge >= 0.3 is 5.97 Å². The first-order valence-corrected chi connectivity index (χ1v) is 7.66. The van der Waals surface area contributed by atoms with E-state index in [1.54, 1.807) is 4.90 Å². The van der Waals surface area contributed by atoms with Gasteiger partial charge in [-0.25, -0.2) is 0 Å². The highest BCUT2D eigenvalue weighted by atomic mass is 16.4. The first kappa shape index (κ1) is 16.7. The van der Waals surface area contributed by atoms with E-state index >= 15 is 0 Å². The van der Waals surface area contributed by atoms with E-state index in [1.165, 1.54) is 6.07 Å². The Morgan fingerprint density at radius 2 is 2.09 bits per heavy atom. The molecule has 0 unspecified atom stereocenters. The van der Waals surface area contributed by atoms with E-state index in [0.29, 0.717) is 38.2 Å². The van der Waals surface area contributed by atoms with Gasteiger partial charge in [0.25, 0.3) is 5.56 Å². The molecule has 1 aromatic rings. The van der Waals surface area contributed by atoms with Crippen molar-refractivity contribution in [3.05, 3.63) is 27.5 Å². The lowest BCUT2D eigenvalue weighted by molar-refractivity contribution is -0.142. The standard InChI is InChI=1S/C16H19N3O4/c1-2-3-13(20)12-8-11(9-17)14(18-15(12)21)19-6-4-10(5-7-19)16(22)23/h8,10H,2-7H2,1H3,(H,18,21)(H,22,23). The van der Waals surface area contributed by atoms with Crippen LogP contribution in [0.4, 0.5) is 5.82 Å². The summed E-state index contributed by atoms with van der Waals surface area (Å²) < 4.78 is 0. The minimum atomic E-state index is -0.820. The normalized spacial score (nSPS) is 15.2. The number of ketones is 1. The maximum absolute atomic E-state index is 12.1. The number of carboxylic acids is 1. The molecular weight excluding hydrogens is 298 g/mol. The van der Waals surface area contributed by atoms with Crippen LogP contribution in [0.25, 0.3) is 0 Å². The number of carbonyl (C=O) groups is 2. The molecule has 2 heterocycles. The molecule has 0 bridgehead atoms. The third kappa shape index (κ3) is 3.59. The molecule has 0 aliphatic carbocycles. The van der Waals surface area contributed by atoms with Gasteiger partial charge in [-0.05, 0) is 25.3 Å². The summed E-state index contributed by atoms with van der Waals surface area (Å²) in [6.45, 7) is 2.74. The van der Waals surface area contributed by atoms with Gasteiger partial charge in [-0.1, -0.05) is 6.92 Å². The molecule has 0 saturated carbocycles. The summed E-state index contributed by atoms with van der Waals surface area (Å²) in [5, 5.41) is 18.3. The lowest BCUT2D eigenvalue weighted by Crippen LogP contribution is -2.38. The Balaban J connectivity index is 2.29. The Bertz CT molecular complexity index is 709. The van der Waals surface area contributed by atoms with E-state index in [0.717, 1.165) is 0 Å². The number of hydrogen-bond acceptors (Lipinski definition) is 5. The van der Waals surface area contributed by atoms with Gasteiger partial charge < -0.3 is 15.0 Å². The average Bonchev–Trinajstić information content (AvgIpc) is 2.54. The zero-order valence-electron chi connectivity index (χ0n) is 13.0. The largest absolute Gasteiger partial charge is 0.481 e. The van der Waals surface area contributed by atoms with Crippen molar-refractivity contribution < 1.29 is 14.7 Å². The zero-order valence-corrected chi connectivity index (χ0v) is 13.0. The van der Waals surface area contributed by atoms with Crippen molar-refractivity contribution in [2.24, 2.45) is 5.92 Å². The average molecular weight is 317 g/mol. The molecule has 0 radical (unpaired) electrons. The highest BCUT2D eigenvalue weighted by Crippen LogP contribution is 2.24. The molecular formula is C16H19N3O4. The molecule has 122 valence electrons. The zero-order chi connectivity index (χ0) is 17.0. The van der Waals surface area contributed by atoms with Crippen LogP contribution in [0.2, 0.25) is 0 Å². The Labute approximate surface area is 133 Å². The van der Waals surface area contributed by atoms with Crippen LogP contribution in [-0.4, -0.2) is 34.9 Å². The number of anilines is 1. The van der Waals surface area contributed by atoms with Crippen LogP contribution >= 0.6 is 0 Å². The fourth-order valence-electron chi connectivity index (χ4n) is 2.77. The molecule has 1 aliphatic heterocycles. The number of Topliss-reactive ketones (excluding diaryl/α,β-unsaturated/α-hetero) is 1. The van der Waals surface area contributed by atoms with Crippen molar-refractivity contribution >= 4 is 17.6 Å². The third-order valence-corrected chi connectivity index (χ3v) is 4.08. The molecule has 0 aromatic carbocycles. The van der Waals surface area contributed by atoms with Crippen LogP contribution < -0.4 is 10.5 Å². The fraction of sp³-hybridized carbons (Fsp3) is 0.500. The molecule has 1 fully saturated rings. The molecule has 2 N–H and O–H groups in total. The van der Waals surface area contributed by atoms with Gasteiger partial charge in [-0.2, -0.15) is 5.26 Å². The van der Waals surface area contributed by atoms with E-state index in [9.17, 15) is 19.6 Å². The van der Waals surface area contributed by atoms with Crippen molar-refractivity contribution in [2.75, 3.05) is 18.0 Å². The van der Waals surface area contributed by atoms with E-state index in [4.69, 9.17) is 5.11 Å². The highest BCUT2D eigenvalue weighted by Gasteiger charge is 2.26. The summed E-state index contributed by atoms with van der Waals surface area (Å²) in [4.78, 5) is 39.5. The molecule has 0 amide bonds. The molecule has 1 saturated heterocycles. The van der Waals surface area contributed by atoms with Crippen LogP contribution in [0, 0.1) is 17.2 Å². The summed E-state index contributed by atoms with van der Waals surface area (Å²) in [5.41, 5.74) is -0.261. The summed E-state index contributed by atoms with van der Waals surface area (Å²) in [6, 6.07) is 3.35. The number of nitrogens with one attached hydrogen (secondary N) is 1. The summed E-state index contributed by atoms with van der Waals surface area (Å²) in [7, 11) is 0. The van der Waals surface area contributed by atoms with Crippen LogP contribution in [0.15, 0.2) is 10.9 Å². The number of nitriles is 1. The third-order valence-electron chi connectivity index (χ3n) is 4.08. The van der Waals surface area contributed by atoms with E-state index in [-0.39, 0.29) is 23.3 Å². The van der Waals surface area contributed by atoms with Crippen molar-refractivity contribution in [3.8, 4) is 6.07 Å². The molecule has 23 heavy (non-hydrogen) atoms. The number of nitrogens with zero attached hydrogens (tertiary/aromatic N) is 2. The van der Waals surface area contributed by atoms with Gasteiger partial charge in [0.2, 0.25) is 0 Å². The van der Waals surface area contributed by atoms with E-state index in [2.05, 4.69) is 4.98 Å². The van der Waals surface area contributed by atoms with Gasteiger partial charge in [0, 0.05) is 19.5 Å². The molecule has 0 atom stereocenters. The number of H-pyrrole nitrogens is 1. The predicted molar refractivity (Wildman–Crippen MR) is 83.6 cm³/mol. The number of aromatic amines is 1. The molecule has 0 spiro atoms. The molecule has 1 aliphatic rings. The van der Waals surface area contributed by atoms with Gasteiger partial charge in [0.1, 0.15) is 11.9 Å². The van der Waals surface area contributed by atoms with Gasteiger partial charge in [-0.3, -0.25) is 14.4 Å². The number of carbonyl (C=O) groups excluding carboxylic acids is 1. The topological polar surface area (TPSA) is 114 Å². The van der Waals surface area contributed by atoms with Crippen LogP contribution in [0.1, 0.15) is 48.5 Å². The molecule has 7 nitrogen and oxygen atoms in total. The van der Waals surface area contributed by atoms with Gasteiger partial charge in [0.05, 0.1) is 17.0 Å². The lowest BCUT2D eigenvalue weighted by atomic mass is 9.96. The summed E-state index contributed by atoms with van der Waals surface area (Å²) in [6.07, 6.45) is 1.80. The number of aromatic nitrogens is 1. The Morgan fingerprint density at radius 1 is 1.43 bits per heavy atom. The number of piperidine rings is 1. The van der Waals surface area contributed by atoms with E-state index < -0.39 is 17.4 Å². The number of carboxylic acid groups (broad SMARTS) is 1. The SMILES string of the molecule is CCCC(=O)c1cc(C#N)c(N2CCC(C(=O)O)CC2)[nH]c1=O. The molecule has 7 heteroatoms. The second-order valence-corrected chi connectivity index (χ2v) is 5.66. The van der Waals surface area contributed by atoms with Gasteiger partial charge in [0.15, 0.2) is 5.78 Å². The first-order chi connectivity index (χ1) is 11.0. The predicted octanol–water partition coefficient (Wildman–Crippen LogP) is 1.53. The highest BCUT2D eigenvalue weighted by molar-refractivity contribution is 5.96. The molecule has 2 rings (SSSR count). The summed E-state index contributed by atoms with van der Waals surface area (Å²) >= 11 is 0. The van der Waals surface area contributed by atoms with E-state index in [1.807, 2.05) is 13.0 Å². The van der Waals surface area contributed by atoms with Crippen molar-refractivity contribution in [1.82, 2.24) is 4.98 Å². The second kappa shape index (κ2) is 7.09. The minimum absolute atomic E-state index is 0.00701. The lowest BCUT2D eigenvalue weighted by Gasteiger charge is -2.31. The maximum atomic E-state index is 12.1. The van der Waals surface area contributed by atoms with Gasteiger partial charge in [-0.15, -0.1) is 0 Å². The number of pyridine rings is 1. The first-order valence-electron chi connectivity index (χ1n) is 7.66. The number of aliphatic carboxylic acids is 1. The minimum Gasteiger partial charge on any atom is -0.481 e. The number of hydrogen-bond donors (Lipinski definition) is 2. The van der Waals surface area contributed by atoms with Crippen molar-refractivity contribution in [2.45, 2.75) is 32.6 Å². The van der Waals surface area contributed by atoms with Crippen LogP contribution in [-0.2, 0) is 4.79 Å². The number of rotatable bonds is 5. The summed E-state index contributed by atoms with van der Waals surface area (Å²) in [5.74, 6) is -1.12. The fourth-order valence-corrected chi connectivity index (χ4v) is 2.77. The Hall–Kier alpha value is -2.62. The van der Waals surface area contributed by atoms with Crippen molar-refractivity contribution in [3.63, 3.8) is 0 Å². The van der Waals surface area contributed by atoms with Crippen molar-refractivity contribution in [1.29, 1.82) is 5.26 Å². The van der Waals surface area contributed by atoms with Crippen LogP contribution in [0.3, 0.4) is 0 Å². The molecule has 1 aromatic heterocycles. The Kier molecular flexibility index (Phi) is 5.16. The monoisotopic (exact) mass is 317 g/mol. The Morgan fingerprint density at radius 3 is 2.61 bits per heavy atom. The maximum Gasteiger partial charge on any atom is 0.306 e.